The van der Waals surface area contributed by atoms with E-state index in [-0.39, 0.29) is 30.9 Å². The first kappa shape index (κ1) is 29.2. The lowest BCUT2D eigenvalue weighted by atomic mass is 10.1. The number of benzene rings is 1. The predicted molar refractivity (Wildman–Crippen MR) is 149 cm³/mol. The average molecular weight is 525 g/mol. The molecule has 10 heteroatoms. The number of methoxy groups -OCH3 is 1. The normalized spacial score (nSPS) is 18.0. The zero-order valence-corrected chi connectivity index (χ0v) is 22.6. The van der Waals surface area contributed by atoms with Gasteiger partial charge in [0.2, 0.25) is 0 Å². The number of carbonyl (C=O) groups excluding carboxylic acids is 1. The quantitative estimate of drug-likeness (QED) is 0.146. The van der Waals surface area contributed by atoms with Crippen molar-refractivity contribution in [1.82, 2.24) is 14.7 Å². The van der Waals surface area contributed by atoms with E-state index in [1.807, 2.05) is 18.2 Å². The molecule has 2 saturated heterocycles. The van der Waals surface area contributed by atoms with Crippen molar-refractivity contribution in [3.8, 4) is 17.6 Å². The maximum absolute atomic E-state index is 13.9. The van der Waals surface area contributed by atoms with Crippen molar-refractivity contribution in [2.75, 3.05) is 71.4 Å². The van der Waals surface area contributed by atoms with Crippen LogP contribution in [0.3, 0.4) is 0 Å². The van der Waals surface area contributed by atoms with E-state index in [0.717, 1.165) is 32.5 Å². The van der Waals surface area contributed by atoms with Crippen molar-refractivity contribution < 1.29 is 19.0 Å². The number of likely N-dealkylation sites (tertiary alicyclic amines) is 1. The zero-order chi connectivity index (χ0) is 27.3. The number of morpholine rings is 1. The molecule has 1 aromatic carbocycles. The minimum Gasteiger partial charge on any atom is -0.497 e. The summed E-state index contributed by atoms with van der Waals surface area (Å²) in [5.74, 6) is 6.84. The second-order valence-electron chi connectivity index (χ2n) is 9.09. The van der Waals surface area contributed by atoms with Crippen LogP contribution >= 0.6 is 0 Å². The Bertz CT molecular complexity index is 1040. The second kappa shape index (κ2) is 15.1. The van der Waals surface area contributed by atoms with Gasteiger partial charge >= 0.3 is 0 Å². The Labute approximate surface area is 226 Å². The Morgan fingerprint density at radius 1 is 1.32 bits per heavy atom. The maximum atomic E-state index is 13.9. The number of nitrogens with two attached hydrogens (primary N) is 1. The van der Waals surface area contributed by atoms with Gasteiger partial charge in [0, 0.05) is 38.3 Å². The van der Waals surface area contributed by atoms with Gasteiger partial charge in [-0.1, -0.05) is 25.1 Å². The van der Waals surface area contributed by atoms with Crippen LogP contribution in [0.15, 0.2) is 53.9 Å². The molecule has 0 aromatic heterocycles. The summed E-state index contributed by atoms with van der Waals surface area (Å²) in [4.78, 5) is 25.7. The number of piperidine rings is 1. The molecule has 0 bridgehead atoms. The van der Waals surface area contributed by atoms with Gasteiger partial charge in [-0.15, -0.1) is 5.92 Å². The SMILES string of the molecule is C=C(C(=O)N(C=NCOCN1CCOCC1)c1cccc(OC)c1)N(CC#CC)C(=C)N1CCC[C@H](N)C1. The van der Waals surface area contributed by atoms with Crippen LogP contribution in [0.4, 0.5) is 5.69 Å². The molecule has 0 aliphatic carbocycles. The van der Waals surface area contributed by atoms with E-state index in [2.05, 4.69) is 39.8 Å². The van der Waals surface area contributed by atoms with Gasteiger partial charge in [0.25, 0.3) is 5.91 Å². The third kappa shape index (κ3) is 8.33. The van der Waals surface area contributed by atoms with Gasteiger partial charge in [0.1, 0.15) is 30.7 Å². The summed E-state index contributed by atoms with van der Waals surface area (Å²) in [5, 5.41) is 0. The molecule has 1 aromatic rings. The van der Waals surface area contributed by atoms with Gasteiger partial charge in [-0.05, 0) is 31.9 Å². The van der Waals surface area contributed by atoms with Crippen LogP contribution in [0.25, 0.3) is 0 Å². The molecule has 206 valence electrons. The molecule has 0 unspecified atom stereocenters. The van der Waals surface area contributed by atoms with E-state index < -0.39 is 0 Å². The van der Waals surface area contributed by atoms with Gasteiger partial charge in [-0.2, -0.15) is 0 Å². The second-order valence-corrected chi connectivity index (χ2v) is 9.09. The topological polar surface area (TPSA) is 96.1 Å². The van der Waals surface area contributed by atoms with Gasteiger partial charge in [0.15, 0.2) is 0 Å². The number of hydrogen-bond acceptors (Lipinski definition) is 9. The number of hydrogen-bond donors (Lipinski definition) is 1. The highest BCUT2D eigenvalue weighted by atomic mass is 16.5. The third-order valence-electron chi connectivity index (χ3n) is 6.41. The Morgan fingerprint density at radius 2 is 2.11 bits per heavy atom. The van der Waals surface area contributed by atoms with Crippen LogP contribution < -0.4 is 15.4 Å². The number of anilines is 1. The highest BCUT2D eigenvalue weighted by Crippen LogP contribution is 2.24. The number of carbonyl (C=O) groups is 1. The Balaban J connectivity index is 1.77. The van der Waals surface area contributed by atoms with Crippen molar-refractivity contribution in [2.45, 2.75) is 25.8 Å². The molecule has 3 rings (SSSR count). The molecule has 2 aliphatic heterocycles. The number of amides is 1. The maximum Gasteiger partial charge on any atom is 0.279 e. The van der Waals surface area contributed by atoms with Crippen LogP contribution in [0.2, 0.25) is 0 Å². The average Bonchev–Trinajstić information content (AvgIpc) is 2.95. The molecule has 1 atom stereocenters. The fraction of sp³-hybridized carbons (Fsp3) is 0.500. The van der Waals surface area contributed by atoms with Gasteiger partial charge in [-0.25, -0.2) is 4.99 Å². The molecule has 2 aliphatic rings. The van der Waals surface area contributed by atoms with Crippen LogP contribution in [0, 0.1) is 11.8 Å². The summed E-state index contributed by atoms with van der Waals surface area (Å²) in [5.41, 5.74) is 7.01. The lowest BCUT2D eigenvalue weighted by Crippen LogP contribution is -2.47. The smallest absolute Gasteiger partial charge is 0.279 e. The Kier molecular flexibility index (Phi) is 11.6. The van der Waals surface area contributed by atoms with Gasteiger partial charge in [-0.3, -0.25) is 14.6 Å². The zero-order valence-electron chi connectivity index (χ0n) is 22.6. The predicted octanol–water partition coefficient (Wildman–Crippen LogP) is 2.05. The summed E-state index contributed by atoms with van der Waals surface area (Å²) in [6.07, 6.45) is 3.39. The largest absolute Gasteiger partial charge is 0.497 e. The molecule has 38 heavy (non-hydrogen) atoms. The number of aliphatic imine (C=N–C) groups is 1. The molecular formula is C28H40N6O4. The Hall–Kier alpha value is -3.36. The fourth-order valence-corrected chi connectivity index (χ4v) is 4.23. The molecule has 2 fully saturated rings. The Morgan fingerprint density at radius 3 is 2.82 bits per heavy atom. The number of rotatable bonds is 12. The van der Waals surface area contributed by atoms with E-state index in [9.17, 15) is 4.79 Å². The highest BCUT2D eigenvalue weighted by molar-refractivity contribution is 6.15. The molecular weight excluding hydrogens is 484 g/mol. The molecule has 0 radical (unpaired) electrons. The fourth-order valence-electron chi connectivity index (χ4n) is 4.23. The molecule has 2 heterocycles. The number of ether oxygens (including phenoxy) is 3. The molecule has 0 spiro atoms. The van der Waals surface area contributed by atoms with E-state index in [1.165, 1.54) is 11.2 Å². The minimum absolute atomic E-state index is 0.0569. The lowest BCUT2D eigenvalue weighted by molar-refractivity contribution is -0.115. The van der Waals surface area contributed by atoms with Gasteiger partial charge in [0.05, 0.1) is 38.9 Å². The third-order valence-corrected chi connectivity index (χ3v) is 6.41. The van der Waals surface area contributed by atoms with Crippen molar-refractivity contribution >= 4 is 17.9 Å². The van der Waals surface area contributed by atoms with Crippen LogP contribution in [-0.4, -0.2) is 99.5 Å². The highest BCUT2D eigenvalue weighted by Gasteiger charge is 2.27. The first-order valence-corrected chi connectivity index (χ1v) is 12.9. The van der Waals surface area contributed by atoms with E-state index in [0.29, 0.717) is 43.7 Å². The summed E-state index contributed by atoms with van der Waals surface area (Å²) in [6.45, 7) is 15.5. The first-order chi connectivity index (χ1) is 18.4. The molecule has 2 N–H and O–H groups in total. The lowest BCUT2D eigenvalue weighted by Gasteiger charge is -2.39. The minimum atomic E-state index is -0.365. The van der Waals surface area contributed by atoms with Crippen LogP contribution in [-0.2, 0) is 14.3 Å². The molecule has 0 saturated carbocycles. The van der Waals surface area contributed by atoms with E-state index in [4.69, 9.17) is 19.9 Å². The van der Waals surface area contributed by atoms with Gasteiger partial charge < -0.3 is 29.7 Å². The first-order valence-electron chi connectivity index (χ1n) is 12.9. The van der Waals surface area contributed by atoms with E-state index in [1.54, 1.807) is 25.0 Å². The summed E-state index contributed by atoms with van der Waals surface area (Å²) in [6, 6.07) is 7.26. The van der Waals surface area contributed by atoms with Crippen molar-refractivity contribution in [3.05, 3.63) is 48.9 Å². The monoisotopic (exact) mass is 524 g/mol. The molecule has 10 nitrogen and oxygen atoms in total. The van der Waals surface area contributed by atoms with Crippen molar-refractivity contribution in [1.29, 1.82) is 0 Å². The number of nitrogens with zero attached hydrogens (tertiary/aromatic N) is 5. The van der Waals surface area contributed by atoms with Crippen molar-refractivity contribution in [2.24, 2.45) is 10.7 Å². The standard InChI is InChI=1S/C28H40N6O4/c1-5-6-13-33(24(3)32-12-8-9-25(29)19-32)23(2)28(35)34(26-10-7-11-27(18-26)36-4)20-30-21-38-22-31-14-16-37-17-15-31/h7,10-11,18,20,25H,2-3,8-9,12-17,19,21-22,29H2,1,4H3/t25-/m0/s1. The van der Waals surface area contributed by atoms with Crippen LogP contribution in [0.5, 0.6) is 5.75 Å². The van der Waals surface area contributed by atoms with Crippen molar-refractivity contribution in [3.63, 3.8) is 0 Å². The summed E-state index contributed by atoms with van der Waals surface area (Å²) < 4.78 is 16.4. The van der Waals surface area contributed by atoms with E-state index >= 15 is 0 Å². The molecule has 1 amide bonds. The summed E-state index contributed by atoms with van der Waals surface area (Å²) in [7, 11) is 1.58. The summed E-state index contributed by atoms with van der Waals surface area (Å²) >= 11 is 0. The van der Waals surface area contributed by atoms with Crippen LogP contribution in [0.1, 0.15) is 19.8 Å².